The third kappa shape index (κ3) is 3.91. The molecule has 0 aromatic heterocycles. The van der Waals surface area contributed by atoms with Crippen molar-refractivity contribution in [3.05, 3.63) is 71.5 Å². The van der Waals surface area contributed by atoms with E-state index in [2.05, 4.69) is 5.32 Å². The van der Waals surface area contributed by atoms with E-state index < -0.39 is 5.41 Å². The van der Waals surface area contributed by atoms with Crippen LogP contribution >= 0.6 is 0 Å². The van der Waals surface area contributed by atoms with Crippen molar-refractivity contribution in [2.75, 3.05) is 6.54 Å². The van der Waals surface area contributed by atoms with Crippen LogP contribution in [0, 0.1) is 5.82 Å². The Balaban J connectivity index is 1.93. The van der Waals surface area contributed by atoms with E-state index in [1.165, 1.54) is 12.1 Å². The first-order chi connectivity index (χ1) is 10.00. The van der Waals surface area contributed by atoms with Gasteiger partial charge in [0.05, 0.1) is 5.41 Å². The van der Waals surface area contributed by atoms with Gasteiger partial charge in [-0.05, 0) is 43.5 Å². The molecule has 0 radical (unpaired) electrons. The zero-order valence-corrected chi connectivity index (χ0v) is 12.4. The highest BCUT2D eigenvalue weighted by molar-refractivity contribution is 5.87. The summed E-state index contributed by atoms with van der Waals surface area (Å²) in [6, 6.07) is 16.1. The summed E-state index contributed by atoms with van der Waals surface area (Å²) in [5, 5.41) is 2.93. The maximum atomic E-state index is 13.1. The van der Waals surface area contributed by atoms with Gasteiger partial charge in [-0.25, -0.2) is 4.39 Å². The predicted molar refractivity (Wildman–Crippen MR) is 82.6 cm³/mol. The smallest absolute Gasteiger partial charge is 0.230 e. The Morgan fingerprint density at radius 1 is 1.10 bits per heavy atom. The van der Waals surface area contributed by atoms with E-state index in [4.69, 9.17) is 0 Å². The van der Waals surface area contributed by atoms with Crippen molar-refractivity contribution in [1.29, 1.82) is 0 Å². The Kier molecular flexibility index (Phi) is 4.73. The summed E-state index contributed by atoms with van der Waals surface area (Å²) >= 11 is 0. The molecule has 1 N–H and O–H groups in total. The lowest BCUT2D eigenvalue weighted by Gasteiger charge is -2.24. The van der Waals surface area contributed by atoms with Crippen LogP contribution in [-0.4, -0.2) is 12.5 Å². The number of carbonyl (C=O) groups is 1. The molecule has 3 heteroatoms. The molecule has 2 rings (SSSR count). The van der Waals surface area contributed by atoms with Gasteiger partial charge in [-0.2, -0.15) is 0 Å². The number of hydrogen-bond donors (Lipinski definition) is 1. The van der Waals surface area contributed by atoms with Crippen molar-refractivity contribution < 1.29 is 9.18 Å². The molecule has 0 saturated heterocycles. The SMILES string of the molecule is CC(C)(C(=O)NCCc1cccc(F)c1)c1ccccc1. The molecule has 1 amide bonds. The quantitative estimate of drug-likeness (QED) is 0.895. The molecule has 0 heterocycles. The van der Waals surface area contributed by atoms with Crippen LogP contribution in [0.2, 0.25) is 0 Å². The highest BCUT2D eigenvalue weighted by Gasteiger charge is 2.28. The van der Waals surface area contributed by atoms with Crippen molar-refractivity contribution in [1.82, 2.24) is 5.32 Å². The molecule has 2 aromatic carbocycles. The van der Waals surface area contributed by atoms with E-state index in [1.54, 1.807) is 6.07 Å². The maximum Gasteiger partial charge on any atom is 0.230 e. The zero-order valence-electron chi connectivity index (χ0n) is 12.4. The number of amides is 1. The molecule has 0 atom stereocenters. The molecule has 21 heavy (non-hydrogen) atoms. The minimum atomic E-state index is -0.580. The van der Waals surface area contributed by atoms with Crippen LogP contribution in [0.3, 0.4) is 0 Å². The summed E-state index contributed by atoms with van der Waals surface area (Å²) in [5.41, 5.74) is 1.28. The fourth-order valence-corrected chi connectivity index (χ4v) is 2.22. The van der Waals surface area contributed by atoms with Crippen LogP contribution in [0.15, 0.2) is 54.6 Å². The molecular formula is C18H20FNO. The topological polar surface area (TPSA) is 29.1 Å². The Bertz CT molecular complexity index is 608. The van der Waals surface area contributed by atoms with Gasteiger partial charge >= 0.3 is 0 Å². The van der Waals surface area contributed by atoms with Gasteiger partial charge in [-0.3, -0.25) is 4.79 Å². The third-order valence-electron chi connectivity index (χ3n) is 3.65. The molecule has 0 aliphatic carbocycles. The van der Waals surface area contributed by atoms with Gasteiger partial charge < -0.3 is 5.32 Å². The number of hydrogen-bond acceptors (Lipinski definition) is 1. The van der Waals surface area contributed by atoms with Gasteiger partial charge in [0.2, 0.25) is 5.91 Å². The van der Waals surface area contributed by atoms with Crippen LogP contribution in [0.4, 0.5) is 4.39 Å². The second-order valence-corrected chi connectivity index (χ2v) is 5.63. The molecule has 0 aliphatic heterocycles. The molecule has 2 nitrogen and oxygen atoms in total. The fraction of sp³-hybridized carbons (Fsp3) is 0.278. The molecule has 2 aromatic rings. The first-order valence-corrected chi connectivity index (χ1v) is 7.08. The maximum absolute atomic E-state index is 13.1. The van der Waals surface area contributed by atoms with E-state index in [0.29, 0.717) is 13.0 Å². The third-order valence-corrected chi connectivity index (χ3v) is 3.65. The van der Waals surface area contributed by atoms with Gasteiger partial charge in [0, 0.05) is 6.54 Å². The lowest BCUT2D eigenvalue weighted by molar-refractivity contribution is -0.125. The van der Waals surface area contributed by atoms with Crippen LogP contribution in [-0.2, 0) is 16.6 Å². The first kappa shape index (κ1) is 15.2. The van der Waals surface area contributed by atoms with Crippen LogP contribution in [0.25, 0.3) is 0 Å². The summed E-state index contributed by atoms with van der Waals surface area (Å²) in [6.45, 7) is 4.30. The molecule has 110 valence electrons. The minimum absolute atomic E-state index is 0.0231. The van der Waals surface area contributed by atoms with Crippen molar-refractivity contribution in [2.45, 2.75) is 25.7 Å². The van der Waals surface area contributed by atoms with Crippen molar-refractivity contribution in [3.8, 4) is 0 Å². The molecule has 0 saturated carbocycles. The monoisotopic (exact) mass is 285 g/mol. The summed E-state index contributed by atoms with van der Waals surface area (Å²) in [5.74, 6) is -0.270. The van der Waals surface area contributed by atoms with Crippen molar-refractivity contribution >= 4 is 5.91 Å². The number of nitrogens with one attached hydrogen (secondary N) is 1. The standard InChI is InChI=1S/C18H20FNO/c1-18(2,15-8-4-3-5-9-15)17(21)20-12-11-14-7-6-10-16(19)13-14/h3-10,13H,11-12H2,1-2H3,(H,20,21). The average molecular weight is 285 g/mol. The van der Waals surface area contributed by atoms with Crippen LogP contribution in [0.5, 0.6) is 0 Å². The van der Waals surface area contributed by atoms with Crippen LogP contribution in [0.1, 0.15) is 25.0 Å². The van der Waals surface area contributed by atoms with E-state index in [1.807, 2.05) is 50.2 Å². The molecule has 0 fully saturated rings. The first-order valence-electron chi connectivity index (χ1n) is 7.08. The summed E-state index contributed by atoms with van der Waals surface area (Å²) in [4.78, 5) is 12.3. The number of halogens is 1. The van der Waals surface area contributed by atoms with Crippen molar-refractivity contribution in [3.63, 3.8) is 0 Å². The van der Waals surface area contributed by atoms with Gasteiger partial charge in [-0.1, -0.05) is 42.5 Å². The summed E-state index contributed by atoms with van der Waals surface area (Å²) in [6.07, 6.45) is 0.619. The largest absolute Gasteiger partial charge is 0.355 e. The lowest BCUT2D eigenvalue weighted by Crippen LogP contribution is -2.40. The van der Waals surface area contributed by atoms with E-state index >= 15 is 0 Å². The summed E-state index contributed by atoms with van der Waals surface area (Å²) < 4.78 is 13.1. The second kappa shape index (κ2) is 6.53. The Hall–Kier alpha value is -2.16. The molecule has 0 aliphatic rings. The van der Waals surface area contributed by atoms with E-state index in [0.717, 1.165) is 11.1 Å². The van der Waals surface area contributed by atoms with E-state index in [-0.39, 0.29) is 11.7 Å². The molecule has 0 spiro atoms. The van der Waals surface area contributed by atoms with E-state index in [9.17, 15) is 9.18 Å². The Labute approximate surface area is 125 Å². The molecule has 0 unspecified atom stereocenters. The highest BCUT2D eigenvalue weighted by atomic mass is 19.1. The number of benzene rings is 2. The zero-order chi connectivity index (χ0) is 15.3. The van der Waals surface area contributed by atoms with Gasteiger partial charge in [0.1, 0.15) is 5.82 Å². The normalized spacial score (nSPS) is 11.2. The lowest BCUT2D eigenvalue weighted by atomic mass is 9.84. The minimum Gasteiger partial charge on any atom is -0.355 e. The number of carbonyl (C=O) groups excluding carboxylic acids is 1. The van der Waals surface area contributed by atoms with Crippen molar-refractivity contribution in [2.24, 2.45) is 0 Å². The Morgan fingerprint density at radius 2 is 1.81 bits per heavy atom. The highest BCUT2D eigenvalue weighted by Crippen LogP contribution is 2.22. The fourth-order valence-electron chi connectivity index (χ4n) is 2.22. The van der Waals surface area contributed by atoms with Gasteiger partial charge in [0.25, 0.3) is 0 Å². The second-order valence-electron chi connectivity index (χ2n) is 5.63. The van der Waals surface area contributed by atoms with Gasteiger partial charge in [0.15, 0.2) is 0 Å². The average Bonchev–Trinajstić information content (AvgIpc) is 2.48. The number of rotatable bonds is 5. The van der Waals surface area contributed by atoms with Crippen LogP contribution < -0.4 is 5.32 Å². The molecule has 0 bridgehead atoms. The Morgan fingerprint density at radius 3 is 2.48 bits per heavy atom. The molecular weight excluding hydrogens is 265 g/mol. The predicted octanol–water partition coefficient (Wildman–Crippen LogP) is 3.46. The van der Waals surface area contributed by atoms with Gasteiger partial charge in [-0.15, -0.1) is 0 Å². The summed E-state index contributed by atoms with van der Waals surface area (Å²) in [7, 11) is 0.